The van der Waals surface area contributed by atoms with Crippen LogP contribution in [-0.2, 0) is 6.54 Å². The van der Waals surface area contributed by atoms with Crippen LogP contribution in [0, 0.1) is 12.3 Å². The van der Waals surface area contributed by atoms with Gasteiger partial charge in [0.1, 0.15) is 0 Å². The predicted octanol–water partition coefficient (Wildman–Crippen LogP) is 3.94. The molecule has 2 atom stereocenters. The molecule has 2 aromatic rings. The minimum absolute atomic E-state index is 0.123. The van der Waals surface area contributed by atoms with Crippen molar-refractivity contribution in [1.82, 2.24) is 9.80 Å². The number of benzene rings is 2. The molecule has 3 nitrogen and oxygen atoms in total. The molecule has 0 radical (unpaired) electrons. The van der Waals surface area contributed by atoms with Gasteiger partial charge in [-0.25, -0.2) is 0 Å². The van der Waals surface area contributed by atoms with E-state index in [-0.39, 0.29) is 5.41 Å². The molecule has 0 amide bonds. The highest BCUT2D eigenvalue weighted by Crippen LogP contribution is 2.41. The Morgan fingerprint density at radius 1 is 1.04 bits per heavy atom. The van der Waals surface area contributed by atoms with Crippen LogP contribution in [0.1, 0.15) is 30.4 Å². The quantitative estimate of drug-likeness (QED) is 0.890. The Balaban J connectivity index is 1.45. The molecule has 144 valence electrons. The van der Waals surface area contributed by atoms with Crippen molar-refractivity contribution in [3.63, 3.8) is 0 Å². The second kappa shape index (κ2) is 7.75. The first-order valence-electron chi connectivity index (χ1n) is 10.3. The van der Waals surface area contributed by atoms with Crippen LogP contribution in [0.2, 0.25) is 0 Å². The maximum absolute atomic E-state index is 10.1. The number of hydrogen-bond acceptors (Lipinski definition) is 3. The van der Waals surface area contributed by atoms with Gasteiger partial charge in [0, 0.05) is 24.5 Å². The van der Waals surface area contributed by atoms with Crippen LogP contribution in [-0.4, -0.2) is 54.2 Å². The third-order valence-corrected chi connectivity index (χ3v) is 6.91. The molecular formula is C24H32N2O. The van der Waals surface area contributed by atoms with Gasteiger partial charge >= 0.3 is 0 Å². The maximum Gasteiger partial charge on any atom is 0.0503 e. The summed E-state index contributed by atoms with van der Waals surface area (Å²) in [5.41, 5.74) is 5.43. The third-order valence-electron chi connectivity index (χ3n) is 6.91. The molecule has 0 spiro atoms. The highest BCUT2D eigenvalue weighted by Gasteiger charge is 2.46. The molecule has 27 heavy (non-hydrogen) atoms. The second-order valence-corrected chi connectivity index (χ2v) is 8.62. The Kier molecular flexibility index (Phi) is 5.36. The highest BCUT2D eigenvalue weighted by molar-refractivity contribution is 5.67. The maximum atomic E-state index is 10.1. The van der Waals surface area contributed by atoms with E-state index in [1.54, 1.807) is 0 Å². The normalized spacial score (nSPS) is 26.7. The molecule has 4 rings (SSSR count). The lowest BCUT2D eigenvalue weighted by molar-refractivity contribution is -0.0684. The van der Waals surface area contributed by atoms with Crippen molar-refractivity contribution in [1.29, 1.82) is 0 Å². The van der Waals surface area contributed by atoms with Crippen molar-refractivity contribution in [3.05, 3.63) is 59.7 Å². The lowest BCUT2D eigenvalue weighted by Crippen LogP contribution is -2.61. The number of piperidine rings is 2. The number of rotatable bonds is 4. The van der Waals surface area contributed by atoms with Crippen molar-refractivity contribution >= 4 is 0 Å². The summed E-state index contributed by atoms with van der Waals surface area (Å²) in [5, 5.41) is 10.1. The standard InChI is InChI=1S/C24H32N2O/c1-19-6-3-4-7-22(19)21-10-8-20(9-11-21)16-26-15-13-24(18-27)12-5-14-25(2)23(24)17-26/h3-4,6-11,23,27H,5,12-18H2,1-2H3/t23-,24-/m1/s1. The fraction of sp³-hybridized carbons (Fsp3) is 0.500. The molecule has 2 aliphatic heterocycles. The van der Waals surface area contributed by atoms with E-state index in [9.17, 15) is 5.11 Å². The molecular weight excluding hydrogens is 332 g/mol. The van der Waals surface area contributed by atoms with E-state index in [1.807, 2.05) is 0 Å². The van der Waals surface area contributed by atoms with Gasteiger partial charge in [0.15, 0.2) is 0 Å². The van der Waals surface area contributed by atoms with Crippen LogP contribution < -0.4 is 0 Å². The summed E-state index contributed by atoms with van der Waals surface area (Å²) in [6, 6.07) is 18.1. The van der Waals surface area contributed by atoms with Gasteiger partial charge < -0.3 is 10.0 Å². The van der Waals surface area contributed by atoms with Crippen LogP contribution in [0.4, 0.5) is 0 Å². The minimum atomic E-state index is 0.123. The molecule has 2 heterocycles. The number of hydrogen-bond donors (Lipinski definition) is 1. The molecule has 2 saturated heterocycles. The Morgan fingerprint density at radius 2 is 1.81 bits per heavy atom. The van der Waals surface area contributed by atoms with E-state index in [0.717, 1.165) is 32.6 Å². The van der Waals surface area contributed by atoms with Gasteiger partial charge in [-0.05, 0) is 68.6 Å². The van der Waals surface area contributed by atoms with E-state index in [1.165, 1.54) is 35.1 Å². The lowest BCUT2D eigenvalue weighted by atomic mass is 9.69. The zero-order valence-corrected chi connectivity index (χ0v) is 16.7. The average molecular weight is 365 g/mol. The Morgan fingerprint density at radius 3 is 2.56 bits per heavy atom. The second-order valence-electron chi connectivity index (χ2n) is 8.62. The van der Waals surface area contributed by atoms with Crippen molar-refractivity contribution in [2.24, 2.45) is 5.41 Å². The molecule has 0 aliphatic carbocycles. The number of aliphatic hydroxyl groups excluding tert-OH is 1. The van der Waals surface area contributed by atoms with Gasteiger partial charge in [-0.3, -0.25) is 4.90 Å². The number of fused-ring (bicyclic) bond motifs is 1. The minimum Gasteiger partial charge on any atom is -0.396 e. The number of nitrogens with zero attached hydrogens (tertiary/aromatic N) is 2. The predicted molar refractivity (Wildman–Crippen MR) is 112 cm³/mol. The Hall–Kier alpha value is -1.68. The fourth-order valence-electron chi connectivity index (χ4n) is 5.16. The first kappa shape index (κ1) is 18.7. The smallest absolute Gasteiger partial charge is 0.0503 e. The number of aryl methyl sites for hydroxylation is 1. The Labute approximate surface area is 163 Å². The van der Waals surface area contributed by atoms with Crippen LogP contribution in [0.25, 0.3) is 11.1 Å². The van der Waals surface area contributed by atoms with Crippen LogP contribution >= 0.6 is 0 Å². The summed E-state index contributed by atoms with van der Waals surface area (Å²) in [6.45, 7) is 6.82. The molecule has 0 aromatic heterocycles. The monoisotopic (exact) mass is 364 g/mol. The van der Waals surface area contributed by atoms with Crippen LogP contribution in [0.3, 0.4) is 0 Å². The largest absolute Gasteiger partial charge is 0.396 e. The van der Waals surface area contributed by atoms with Gasteiger partial charge in [-0.1, -0.05) is 48.5 Å². The van der Waals surface area contributed by atoms with E-state index < -0.39 is 0 Å². The highest BCUT2D eigenvalue weighted by atomic mass is 16.3. The lowest BCUT2D eigenvalue weighted by Gasteiger charge is -2.53. The van der Waals surface area contributed by atoms with Crippen molar-refractivity contribution < 1.29 is 5.11 Å². The number of likely N-dealkylation sites (tertiary alicyclic amines) is 2. The first-order valence-corrected chi connectivity index (χ1v) is 10.3. The van der Waals surface area contributed by atoms with E-state index >= 15 is 0 Å². The zero-order valence-electron chi connectivity index (χ0n) is 16.7. The summed E-state index contributed by atoms with van der Waals surface area (Å²) >= 11 is 0. The Bertz CT molecular complexity index is 772. The van der Waals surface area contributed by atoms with Gasteiger partial charge in [-0.15, -0.1) is 0 Å². The van der Waals surface area contributed by atoms with Crippen LogP contribution in [0.5, 0.6) is 0 Å². The van der Waals surface area contributed by atoms with E-state index in [2.05, 4.69) is 72.3 Å². The summed E-state index contributed by atoms with van der Waals surface area (Å²) in [5.74, 6) is 0. The molecule has 2 fully saturated rings. The van der Waals surface area contributed by atoms with Gasteiger partial charge in [0.25, 0.3) is 0 Å². The summed E-state index contributed by atoms with van der Waals surface area (Å²) in [6.07, 6.45) is 3.51. The fourth-order valence-corrected chi connectivity index (χ4v) is 5.16. The SMILES string of the molecule is Cc1ccccc1-c1ccc(CN2CC[C@@]3(CO)CCCN(C)[C@@H]3C2)cc1. The van der Waals surface area contributed by atoms with Gasteiger partial charge in [0.2, 0.25) is 0 Å². The molecule has 1 N–H and O–H groups in total. The van der Waals surface area contributed by atoms with Crippen LogP contribution in [0.15, 0.2) is 48.5 Å². The third kappa shape index (κ3) is 3.69. The number of aliphatic hydroxyl groups is 1. The summed E-state index contributed by atoms with van der Waals surface area (Å²) in [4.78, 5) is 5.05. The zero-order chi connectivity index (χ0) is 18.9. The van der Waals surface area contributed by atoms with E-state index in [0.29, 0.717) is 12.6 Å². The summed E-state index contributed by atoms with van der Waals surface area (Å²) < 4.78 is 0. The molecule has 2 aromatic carbocycles. The topological polar surface area (TPSA) is 26.7 Å². The average Bonchev–Trinajstić information content (AvgIpc) is 2.70. The number of likely N-dealkylation sites (N-methyl/N-ethyl adjacent to an activating group) is 1. The molecule has 0 bridgehead atoms. The van der Waals surface area contributed by atoms with Crippen molar-refractivity contribution in [2.45, 2.75) is 38.8 Å². The van der Waals surface area contributed by atoms with Gasteiger partial charge in [0.05, 0.1) is 6.61 Å². The molecule has 0 unspecified atom stereocenters. The molecule has 3 heteroatoms. The van der Waals surface area contributed by atoms with Crippen molar-refractivity contribution in [3.8, 4) is 11.1 Å². The van der Waals surface area contributed by atoms with Gasteiger partial charge in [-0.2, -0.15) is 0 Å². The molecule has 2 aliphatic rings. The van der Waals surface area contributed by atoms with E-state index in [4.69, 9.17) is 0 Å². The first-order chi connectivity index (χ1) is 13.1. The van der Waals surface area contributed by atoms with Crippen molar-refractivity contribution in [2.75, 3.05) is 33.3 Å². The summed E-state index contributed by atoms with van der Waals surface area (Å²) in [7, 11) is 2.23. The molecule has 0 saturated carbocycles.